The van der Waals surface area contributed by atoms with Gasteiger partial charge in [0, 0.05) is 28.1 Å². The van der Waals surface area contributed by atoms with Crippen LogP contribution in [-0.2, 0) is 6.18 Å². The summed E-state index contributed by atoms with van der Waals surface area (Å²) in [5, 5.41) is 15.8. The van der Waals surface area contributed by atoms with Crippen LogP contribution < -0.4 is 20.7 Å². The summed E-state index contributed by atoms with van der Waals surface area (Å²) in [6.45, 7) is -0.529. The number of anilines is 2. The summed E-state index contributed by atoms with van der Waals surface area (Å²) in [5.41, 5.74) is -0.513. The van der Waals surface area contributed by atoms with Crippen molar-refractivity contribution in [3.05, 3.63) is 76.5 Å². The van der Waals surface area contributed by atoms with Crippen molar-refractivity contribution in [2.45, 2.75) is 6.18 Å². The Balaban J connectivity index is 1.61. The molecule has 0 saturated carbocycles. The number of hydrogen-bond donors (Lipinski definition) is 4. The molecule has 2 aromatic carbocycles. The highest BCUT2D eigenvalue weighted by Crippen LogP contribution is 2.36. The van der Waals surface area contributed by atoms with Crippen molar-refractivity contribution in [1.82, 2.24) is 10.3 Å². The summed E-state index contributed by atoms with van der Waals surface area (Å²) in [6, 6.07) is 11.7. The third-order valence-corrected chi connectivity index (χ3v) is 4.77. The highest BCUT2D eigenvalue weighted by atomic mass is 79.9. The van der Waals surface area contributed by atoms with E-state index in [4.69, 9.17) is 9.84 Å². The van der Waals surface area contributed by atoms with Gasteiger partial charge in [-0.15, -0.1) is 0 Å². The molecule has 0 aliphatic rings. The Kier molecular flexibility index (Phi) is 7.51. The molecule has 3 rings (SSSR count). The molecule has 0 aliphatic carbocycles. The number of nitrogens with one attached hydrogen (secondary N) is 3. The average molecular weight is 525 g/mol. The second-order valence-corrected chi connectivity index (χ2v) is 7.29. The first-order valence-corrected chi connectivity index (χ1v) is 10.0. The van der Waals surface area contributed by atoms with Gasteiger partial charge in [0.05, 0.1) is 5.56 Å². The van der Waals surface area contributed by atoms with Gasteiger partial charge in [-0.2, -0.15) is 13.2 Å². The predicted molar refractivity (Wildman–Crippen MR) is 117 cm³/mol. The van der Waals surface area contributed by atoms with Crippen molar-refractivity contribution < 1.29 is 32.6 Å². The maximum absolute atomic E-state index is 13.0. The summed E-state index contributed by atoms with van der Waals surface area (Å²) in [6.07, 6.45) is -3.20. The minimum Gasteiger partial charge on any atom is -0.457 e. The molecule has 8 nitrogen and oxygen atoms in total. The van der Waals surface area contributed by atoms with Gasteiger partial charge in [-0.3, -0.25) is 9.78 Å². The number of carbonyl (C=O) groups excluding carboxylic acids is 2. The highest BCUT2D eigenvalue weighted by Gasteiger charge is 2.33. The first-order valence-electron chi connectivity index (χ1n) is 9.23. The van der Waals surface area contributed by atoms with E-state index in [1.54, 1.807) is 12.1 Å². The fourth-order valence-corrected chi connectivity index (χ4v) is 3.09. The maximum Gasteiger partial charge on any atom is 0.417 e. The van der Waals surface area contributed by atoms with E-state index in [9.17, 15) is 22.8 Å². The van der Waals surface area contributed by atoms with Gasteiger partial charge in [0.2, 0.25) is 0 Å². The number of halogens is 4. The molecule has 0 saturated heterocycles. The average Bonchev–Trinajstić information content (AvgIpc) is 2.76. The van der Waals surface area contributed by atoms with Gasteiger partial charge in [0.1, 0.15) is 23.9 Å². The third-order valence-electron chi connectivity index (χ3n) is 4.08. The van der Waals surface area contributed by atoms with E-state index in [0.29, 0.717) is 17.2 Å². The number of alkyl halides is 3. The minimum absolute atomic E-state index is 0.0262. The lowest BCUT2D eigenvalue weighted by Crippen LogP contribution is -2.24. The van der Waals surface area contributed by atoms with Crippen LogP contribution in [0.25, 0.3) is 0 Å². The van der Waals surface area contributed by atoms with Crippen LogP contribution in [0.1, 0.15) is 16.1 Å². The minimum atomic E-state index is -4.57. The maximum atomic E-state index is 13.0. The SMILES string of the molecule is O=C(Nc1ccc(Oc2ccnc(C(=O)NCO)c2)cc1)Nc1ccc(Br)c(C(F)(F)F)c1. The fraction of sp³-hybridized carbons (Fsp3) is 0.0952. The van der Waals surface area contributed by atoms with E-state index < -0.39 is 30.4 Å². The van der Waals surface area contributed by atoms with Gasteiger partial charge in [-0.05, 0) is 48.5 Å². The third kappa shape index (κ3) is 6.67. The number of amides is 3. The van der Waals surface area contributed by atoms with Crippen molar-refractivity contribution in [3.8, 4) is 11.5 Å². The number of ether oxygens (including phenoxy) is 1. The van der Waals surface area contributed by atoms with Crippen LogP contribution in [0.5, 0.6) is 11.5 Å². The van der Waals surface area contributed by atoms with E-state index >= 15 is 0 Å². The molecule has 3 amide bonds. The summed E-state index contributed by atoms with van der Waals surface area (Å²) < 4.78 is 44.5. The molecular formula is C21H16BrF3N4O4. The second-order valence-electron chi connectivity index (χ2n) is 6.44. The molecule has 0 fully saturated rings. The van der Waals surface area contributed by atoms with Crippen LogP contribution in [0.15, 0.2) is 65.3 Å². The molecule has 12 heteroatoms. The van der Waals surface area contributed by atoms with Crippen molar-refractivity contribution in [1.29, 1.82) is 0 Å². The van der Waals surface area contributed by atoms with E-state index in [2.05, 4.69) is 36.9 Å². The molecule has 0 aliphatic heterocycles. The molecule has 33 heavy (non-hydrogen) atoms. The summed E-state index contributed by atoms with van der Waals surface area (Å²) in [5.74, 6) is 0.146. The largest absolute Gasteiger partial charge is 0.457 e. The van der Waals surface area contributed by atoms with Gasteiger partial charge in [-0.1, -0.05) is 15.9 Å². The van der Waals surface area contributed by atoms with Crippen LogP contribution in [0, 0.1) is 0 Å². The van der Waals surface area contributed by atoms with Crippen molar-refractivity contribution in [2.24, 2.45) is 0 Å². The zero-order valence-corrected chi connectivity index (χ0v) is 18.2. The number of benzene rings is 2. The lowest BCUT2D eigenvalue weighted by Gasteiger charge is -2.13. The zero-order valence-electron chi connectivity index (χ0n) is 16.6. The Hall–Kier alpha value is -3.64. The lowest BCUT2D eigenvalue weighted by atomic mass is 10.2. The van der Waals surface area contributed by atoms with E-state index in [1.807, 2.05) is 0 Å². The molecule has 0 radical (unpaired) electrons. The van der Waals surface area contributed by atoms with Crippen molar-refractivity contribution in [3.63, 3.8) is 0 Å². The topological polar surface area (TPSA) is 113 Å². The Morgan fingerprint density at radius 2 is 1.64 bits per heavy atom. The van der Waals surface area contributed by atoms with E-state index in [0.717, 1.165) is 6.07 Å². The molecule has 0 atom stereocenters. The zero-order chi connectivity index (χ0) is 24.0. The van der Waals surface area contributed by atoms with Gasteiger partial charge < -0.3 is 25.8 Å². The molecule has 0 spiro atoms. The Morgan fingerprint density at radius 3 is 2.30 bits per heavy atom. The number of carbonyl (C=O) groups is 2. The van der Waals surface area contributed by atoms with Gasteiger partial charge in [0.15, 0.2) is 0 Å². The molecule has 1 aromatic heterocycles. The Morgan fingerprint density at radius 1 is 0.970 bits per heavy atom. The van der Waals surface area contributed by atoms with Gasteiger partial charge in [-0.25, -0.2) is 4.79 Å². The molecular weight excluding hydrogens is 509 g/mol. The smallest absolute Gasteiger partial charge is 0.417 e. The first-order chi connectivity index (χ1) is 15.7. The normalized spacial score (nSPS) is 10.9. The number of rotatable bonds is 6. The summed E-state index contributed by atoms with van der Waals surface area (Å²) in [4.78, 5) is 27.7. The van der Waals surface area contributed by atoms with Gasteiger partial charge >= 0.3 is 12.2 Å². The quantitative estimate of drug-likeness (QED) is 0.340. The van der Waals surface area contributed by atoms with Crippen LogP contribution in [0.4, 0.5) is 29.3 Å². The van der Waals surface area contributed by atoms with E-state index in [1.165, 1.54) is 42.6 Å². The number of aliphatic hydroxyl groups is 1. The van der Waals surface area contributed by atoms with Crippen LogP contribution >= 0.6 is 15.9 Å². The number of nitrogens with zero attached hydrogens (tertiary/aromatic N) is 1. The number of urea groups is 1. The second kappa shape index (κ2) is 10.3. The van der Waals surface area contributed by atoms with Crippen LogP contribution in [-0.4, -0.2) is 28.8 Å². The van der Waals surface area contributed by atoms with Crippen molar-refractivity contribution >= 4 is 39.2 Å². The molecule has 1 heterocycles. The van der Waals surface area contributed by atoms with E-state index in [-0.39, 0.29) is 15.9 Å². The number of pyridine rings is 1. The predicted octanol–water partition coefficient (Wildman–Crippen LogP) is 4.98. The lowest BCUT2D eigenvalue weighted by molar-refractivity contribution is -0.138. The molecule has 3 aromatic rings. The number of aromatic nitrogens is 1. The first kappa shape index (κ1) is 24.0. The number of hydrogen-bond acceptors (Lipinski definition) is 5. The van der Waals surface area contributed by atoms with Crippen LogP contribution in [0.2, 0.25) is 0 Å². The molecule has 0 unspecified atom stereocenters. The van der Waals surface area contributed by atoms with Gasteiger partial charge in [0.25, 0.3) is 5.91 Å². The molecule has 0 bridgehead atoms. The monoisotopic (exact) mass is 524 g/mol. The highest BCUT2D eigenvalue weighted by molar-refractivity contribution is 9.10. The fourth-order valence-electron chi connectivity index (χ4n) is 2.62. The molecule has 172 valence electrons. The Labute approximate surface area is 193 Å². The standard InChI is InChI=1S/C21H16BrF3N4O4/c22-17-6-3-13(9-16(17)21(23,24)25)29-20(32)28-12-1-4-14(5-2-12)33-15-7-8-26-18(10-15)19(31)27-11-30/h1-10,30H,11H2,(H,27,31)(H2,28,29,32). The molecule has 4 N–H and O–H groups in total. The summed E-state index contributed by atoms with van der Waals surface area (Å²) >= 11 is 2.84. The Bertz CT molecular complexity index is 1160. The number of aliphatic hydroxyl groups excluding tert-OH is 1. The van der Waals surface area contributed by atoms with Crippen molar-refractivity contribution in [2.75, 3.05) is 17.4 Å². The summed E-state index contributed by atoms with van der Waals surface area (Å²) in [7, 11) is 0. The van der Waals surface area contributed by atoms with Crippen LogP contribution in [0.3, 0.4) is 0 Å².